The Bertz CT molecular complexity index is 310. The van der Waals surface area contributed by atoms with Crippen molar-refractivity contribution in [2.24, 2.45) is 5.84 Å². The van der Waals surface area contributed by atoms with Gasteiger partial charge in [-0.15, -0.1) is 0 Å². The van der Waals surface area contributed by atoms with Gasteiger partial charge in [-0.25, -0.2) is 0 Å². The Labute approximate surface area is 98.6 Å². The molecular weight excluding hydrogens is 198 g/mol. The van der Waals surface area contributed by atoms with E-state index in [-0.39, 0.29) is 11.6 Å². The fraction of sp³-hybridized carbons (Fsp3) is 0.538. The number of likely N-dealkylation sites (N-methyl/N-ethyl adjacent to an activating group) is 1. The van der Waals surface area contributed by atoms with Gasteiger partial charge in [-0.3, -0.25) is 11.3 Å². The van der Waals surface area contributed by atoms with Gasteiger partial charge < -0.3 is 4.90 Å². The molecule has 0 aliphatic heterocycles. The highest BCUT2D eigenvalue weighted by molar-refractivity contribution is 5.22. The van der Waals surface area contributed by atoms with Gasteiger partial charge in [-0.1, -0.05) is 37.3 Å². The highest BCUT2D eigenvalue weighted by Gasteiger charge is 2.34. The first-order valence-corrected chi connectivity index (χ1v) is 5.74. The van der Waals surface area contributed by atoms with Crippen LogP contribution in [0.1, 0.15) is 31.9 Å². The average molecular weight is 221 g/mol. The molecule has 1 aromatic carbocycles. The Hall–Kier alpha value is -0.900. The van der Waals surface area contributed by atoms with Gasteiger partial charge >= 0.3 is 0 Å². The highest BCUT2D eigenvalue weighted by atomic mass is 15.3. The van der Waals surface area contributed by atoms with Gasteiger partial charge in [0.05, 0.1) is 6.04 Å². The zero-order valence-corrected chi connectivity index (χ0v) is 10.7. The molecule has 2 atom stereocenters. The molecule has 0 saturated carbocycles. The van der Waals surface area contributed by atoms with Gasteiger partial charge in [0.25, 0.3) is 0 Å². The lowest BCUT2D eigenvalue weighted by Crippen LogP contribution is -2.52. The zero-order valence-electron chi connectivity index (χ0n) is 10.7. The predicted molar refractivity (Wildman–Crippen MR) is 68.9 cm³/mol. The van der Waals surface area contributed by atoms with Gasteiger partial charge in [0.1, 0.15) is 0 Å². The van der Waals surface area contributed by atoms with E-state index < -0.39 is 0 Å². The largest absolute Gasteiger partial charge is 0.302 e. The van der Waals surface area contributed by atoms with Crippen molar-refractivity contribution in [2.45, 2.75) is 31.8 Å². The molecule has 0 aliphatic carbocycles. The molecule has 2 unspecified atom stereocenters. The Balaban J connectivity index is 3.06. The Morgan fingerprint density at radius 1 is 1.31 bits per heavy atom. The van der Waals surface area contributed by atoms with Crippen LogP contribution in [0, 0.1) is 0 Å². The summed E-state index contributed by atoms with van der Waals surface area (Å²) in [6.07, 6.45) is 1.03. The Morgan fingerprint density at radius 3 is 2.25 bits per heavy atom. The van der Waals surface area contributed by atoms with Crippen molar-refractivity contribution in [1.29, 1.82) is 0 Å². The lowest BCUT2D eigenvalue weighted by molar-refractivity contribution is 0.113. The van der Waals surface area contributed by atoms with E-state index in [1.165, 1.54) is 5.56 Å². The van der Waals surface area contributed by atoms with E-state index in [4.69, 9.17) is 5.84 Å². The molecule has 0 aliphatic rings. The number of hydrogen-bond acceptors (Lipinski definition) is 3. The van der Waals surface area contributed by atoms with Gasteiger partial charge in [0.2, 0.25) is 0 Å². The summed E-state index contributed by atoms with van der Waals surface area (Å²) in [5, 5.41) is 0. The smallest absolute Gasteiger partial charge is 0.0640 e. The maximum Gasteiger partial charge on any atom is 0.0640 e. The molecule has 0 radical (unpaired) electrons. The van der Waals surface area contributed by atoms with Crippen LogP contribution in [0.2, 0.25) is 0 Å². The molecule has 0 bridgehead atoms. The first-order chi connectivity index (χ1) is 7.56. The summed E-state index contributed by atoms with van der Waals surface area (Å²) in [4.78, 5) is 2.23. The topological polar surface area (TPSA) is 41.3 Å². The maximum absolute atomic E-state index is 5.73. The summed E-state index contributed by atoms with van der Waals surface area (Å²) in [5.74, 6) is 5.73. The molecule has 3 N–H and O–H groups in total. The summed E-state index contributed by atoms with van der Waals surface area (Å²) in [5.41, 5.74) is 4.18. The standard InChI is InChI=1S/C13H23N3/c1-5-13(2,16(3)4)12(15-14)11-9-7-6-8-10-11/h6-10,12,15H,5,14H2,1-4H3. The van der Waals surface area contributed by atoms with Crippen molar-refractivity contribution in [2.75, 3.05) is 14.1 Å². The Morgan fingerprint density at radius 2 is 1.88 bits per heavy atom. The van der Waals surface area contributed by atoms with Crippen molar-refractivity contribution < 1.29 is 0 Å². The van der Waals surface area contributed by atoms with Crippen LogP contribution in [0.15, 0.2) is 30.3 Å². The van der Waals surface area contributed by atoms with E-state index in [1.807, 2.05) is 18.2 Å². The molecule has 0 amide bonds. The third-order valence-electron chi connectivity index (χ3n) is 3.66. The molecule has 0 aromatic heterocycles. The molecule has 0 heterocycles. The minimum atomic E-state index is 0.0100. The van der Waals surface area contributed by atoms with E-state index >= 15 is 0 Å². The highest BCUT2D eigenvalue weighted by Crippen LogP contribution is 2.31. The van der Waals surface area contributed by atoms with Crippen molar-refractivity contribution in [3.05, 3.63) is 35.9 Å². The second kappa shape index (κ2) is 5.43. The van der Waals surface area contributed by atoms with Crippen LogP contribution in [-0.2, 0) is 0 Å². The second-order valence-corrected chi connectivity index (χ2v) is 4.62. The minimum absolute atomic E-state index is 0.0100. The SMILES string of the molecule is CCC(C)(C(NN)c1ccccc1)N(C)C. The van der Waals surface area contributed by atoms with Crippen LogP contribution < -0.4 is 11.3 Å². The zero-order chi connectivity index (χ0) is 12.2. The van der Waals surface area contributed by atoms with Crippen LogP contribution >= 0.6 is 0 Å². The minimum Gasteiger partial charge on any atom is -0.302 e. The van der Waals surface area contributed by atoms with E-state index in [0.717, 1.165) is 6.42 Å². The fourth-order valence-electron chi connectivity index (χ4n) is 2.06. The molecule has 90 valence electrons. The van der Waals surface area contributed by atoms with Gasteiger partial charge in [0.15, 0.2) is 0 Å². The fourth-order valence-corrected chi connectivity index (χ4v) is 2.06. The number of hydrazine groups is 1. The molecule has 0 saturated heterocycles. The normalized spacial score (nSPS) is 17.1. The molecule has 16 heavy (non-hydrogen) atoms. The second-order valence-electron chi connectivity index (χ2n) is 4.62. The first kappa shape index (κ1) is 13.2. The van der Waals surface area contributed by atoms with Crippen LogP contribution in [0.25, 0.3) is 0 Å². The van der Waals surface area contributed by atoms with E-state index in [9.17, 15) is 0 Å². The molecular formula is C13H23N3. The maximum atomic E-state index is 5.73. The first-order valence-electron chi connectivity index (χ1n) is 5.74. The van der Waals surface area contributed by atoms with Crippen LogP contribution in [0.4, 0.5) is 0 Å². The number of nitrogens with two attached hydrogens (primary N) is 1. The lowest BCUT2D eigenvalue weighted by Gasteiger charge is -2.42. The van der Waals surface area contributed by atoms with Crippen LogP contribution in [0.5, 0.6) is 0 Å². The third-order valence-corrected chi connectivity index (χ3v) is 3.66. The van der Waals surface area contributed by atoms with Gasteiger partial charge in [0, 0.05) is 5.54 Å². The molecule has 0 spiro atoms. The molecule has 0 fully saturated rings. The lowest BCUT2D eigenvalue weighted by atomic mass is 9.84. The molecule has 1 rings (SSSR count). The van der Waals surface area contributed by atoms with Crippen molar-refractivity contribution in [3.63, 3.8) is 0 Å². The third kappa shape index (κ3) is 2.43. The predicted octanol–water partition coefficient (Wildman–Crippen LogP) is 1.92. The summed E-state index contributed by atoms with van der Waals surface area (Å²) in [6.45, 7) is 4.41. The quantitative estimate of drug-likeness (QED) is 0.589. The van der Waals surface area contributed by atoms with Crippen LogP contribution in [0.3, 0.4) is 0 Å². The number of nitrogens with one attached hydrogen (secondary N) is 1. The van der Waals surface area contributed by atoms with Crippen LogP contribution in [-0.4, -0.2) is 24.5 Å². The van der Waals surface area contributed by atoms with Crippen molar-refractivity contribution in [3.8, 4) is 0 Å². The summed E-state index contributed by atoms with van der Waals surface area (Å²) < 4.78 is 0. The monoisotopic (exact) mass is 221 g/mol. The summed E-state index contributed by atoms with van der Waals surface area (Å²) in [7, 11) is 4.19. The van der Waals surface area contributed by atoms with Crippen molar-refractivity contribution >= 4 is 0 Å². The Kier molecular flexibility index (Phi) is 4.47. The average Bonchev–Trinajstić information content (AvgIpc) is 2.30. The molecule has 1 aromatic rings. The van der Waals surface area contributed by atoms with E-state index in [2.05, 4.69) is 50.4 Å². The van der Waals surface area contributed by atoms with Crippen molar-refractivity contribution in [1.82, 2.24) is 10.3 Å². The number of rotatable bonds is 5. The van der Waals surface area contributed by atoms with E-state index in [0.29, 0.717) is 0 Å². The number of hydrogen-bond donors (Lipinski definition) is 2. The molecule has 3 nitrogen and oxygen atoms in total. The molecule has 3 heteroatoms. The van der Waals surface area contributed by atoms with Gasteiger partial charge in [-0.2, -0.15) is 0 Å². The van der Waals surface area contributed by atoms with Gasteiger partial charge in [-0.05, 0) is 33.0 Å². The number of nitrogens with zero attached hydrogens (tertiary/aromatic N) is 1. The summed E-state index contributed by atoms with van der Waals surface area (Å²) >= 11 is 0. The van der Waals surface area contributed by atoms with E-state index in [1.54, 1.807) is 0 Å². The summed E-state index contributed by atoms with van der Waals surface area (Å²) in [6, 6.07) is 10.5. The number of benzene rings is 1.